The average Bonchev–Trinajstić information content (AvgIpc) is 2.58. The van der Waals surface area contributed by atoms with Crippen molar-refractivity contribution in [2.75, 3.05) is 26.2 Å². The molecule has 0 saturated carbocycles. The van der Waals surface area contributed by atoms with Crippen molar-refractivity contribution in [2.45, 2.75) is 16.7 Å². The van der Waals surface area contributed by atoms with Crippen LogP contribution in [0, 0.1) is 0 Å². The van der Waals surface area contributed by atoms with Crippen molar-refractivity contribution in [1.29, 1.82) is 0 Å². The van der Waals surface area contributed by atoms with Gasteiger partial charge in [0.25, 0.3) is 0 Å². The Morgan fingerprint density at radius 3 is 2.64 bits per heavy atom. The smallest absolute Gasteiger partial charge is 0.317 e. The molecule has 0 aliphatic heterocycles. The summed E-state index contributed by atoms with van der Waals surface area (Å²) in [5.74, 6) is -0.0811. The molecule has 0 radical (unpaired) electrons. The van der Waals surface area contributed by atoms with Gasteiger partial charge in [-0.3, -0.25) is 9.69 Å². The highest BCUT2D eigenvalue weighted by atomic mass is 35.5. The van der Waals surface area contributed by atoms with Crippen LogP contribution in [-0.2, 0) is 4.79 Å². The first-order valence-corrected chi connectivity index (χ1v) is 9.35. The number of halogens is 2. The molecule has 25 heavy (non-hydrogen) atoms. The summed E-state index contributed by atoms with van der Waals surface area (Å²) in [6.07, 6.45) is 0. The van der Waals surface area contributed by atoms with E-state index >= 15 is 0 Å². The molecule has 7 heteroatoms. The molecule has 0 unspecified atom stereocenters. The molecule has 134 valence electrons. The molecule has 0 aromatic heterocycles. The summed E-state index contributed by atoms with van der Waals surface area (Å²) in [5.41, 5.74) is 0. The first-order chi connectivity index (χ1) is 12.0. The van der Waals surface area contributed by atoms with Crippen LogP contribution in [0.5, 0.6) is 5.75 Å². The number of nitrogens with zero attached hydrogens (tertiary/aromatic N) is 1. The summed E-state index contributed by atoms with van der Waals surface area (Å²) in [5, 5.41) is 9.91. The third-order valence-corrected chi connectivity index (χ3v) is 5.23. The van der Waals surface area contributed by atoms with Crippen molar-refractivity contribution in [3.8, 4) is 5.75 Å². The zero-order valence-corrected chi connectivity index (χ0v) is 16.1. The van der Waals surface area contributed by atoms with Crippen LogP contribution in [0.3, 0.4) is 0 Å². The summed E-state index contributed by atoms with van der Waals surface area (Å²) >= 11 is 13.6. The van der Waals surface area contributed by atoms with E-state index in [4.69, 9.17) is 33.0 Å². The quantitative estimate of drug-likeness (QED) is 0.647. The molecule has 0 aliphatic carbocycles. The Balaban J connectivity index is 2.00. The van der Waals surface area contributed by atoms with E-state index in [1.54, 1.807) is 6.07 Å². The normalized spacial score (nSPS) is 10.9. The summed E-state index contributed by atoms with van der Waals surface area (Å²) < 4.78 is 5.86. The standard InChI is InChI=1S/C18H19Cl2NO3S/c1-2-21(12-18(22)23)9-10-24-16-5-3-4-6-17(16)25-13-7-8-14(19)15(20)11-13/h3-8,11H,2,9-10,12H2,1H3,(H,22,23). The van der Waals surface area contributed by atoms with E-state index in [-0.39, 0.29) is 6.54 Å². The fourth-order valence-corrected chi connectivity index (χ4v) is 3.45. The SMILES string of the molecule is CCN(CCOc1ccccc1Sc1ccc(Cl)c(Cl)c1)CC(=O)O. The second kappa shape index (κ2) is 9.92. The van der Waals surface area contributed by atoms with Gasteiger partial charge in [-0.15, -0.1) is 0 Å². The summed E-state index contributed by atoms with van der Waals surface area (Å²) in [6, 6.07) is 13.2. The maximum atomic E-state index is 10.8. The largest absolute Gasteiger partial charge is 0.491 e. The average molecular weight is 400 g/mol. The highest BCUT2D eigenvalue weighted by molar-refractivity contribution is 7.99. The topological polar surface area (TPSA) is 49.8 Å². The van der Waals surface area contributed by atoms with Gasteiger partial charge in [-0.25, -0.2) is 0 Å². The Morgan fingerprint density at radius 1 is 1.20 bits per heavy atom. The van der Waals surface area contributed by atoms with Crippen molar-refractivity contribution in [1.82, 2.24) is 4.90 Å². The van der Waals surface area contributed by atoms with Crippen LogP contribution in [-0.4, -0.2) is 42.2 Å². The fraction of sp³-hybridized carbons (Fsp3) is 0.278. The minimum absolute atomic E-state index is 0.0134. The zero-order chi connectivity index (χ0) is 18.2. The predicted octanol–water partition coefficient (Wildman–Crippen LogP) is 4.93. The van der Waals surface area contributed by atoms with Crippen molar-refractivity contribution >= 4 is 40.9 Å². The second-order valence-electron chi connectivity index (χ2n) is 5.24. The number of carboxylic acid groups (broad SMARTS) is 1. The number of para-hydroxylation sites is 1. The Bertz CT molecular complexity index is 727. The molecule has 4 nitrogen and oxygen atoms in total. The molecule has 0 aliphatic rings. The van der Waals surface area contributed by atoms with Gasteiger partial charge in [0, 0.05) is 11.4 Å². The molecule has 2 aromatic carbocycles. The van der Waals surface area contributed by atoms with Crippen molar-refractivity contribution in [3.63, 3.8) is 0 Å². The van der Waals surface area contributed by atoms with Crippen LogP contribution >= 0.6 is 35.0 Å². The van der Waals surface area contributed by atoms with E-state index in [1.165, 1.54) is 11.8 Å². The lowest BCUT2D eigenvalue weighted by atomic mass is 10.3. The lowest BCUT2D eigenvalue weighted by molar-refractivity contribution is -0.138. The van der Waals surface area contributed by atoms with Crippen LogP contribution in [0.15, 0.2) is 52.3 Å². The van der Waals surface area contributed by atoms with E-state index in [2.05, 4.69) is 0 Å². The Kier molecular flexibility index (Phi) is 7.90. The molecular weight excluding hydrogens is 381 g/mol. The summed E-state index contributed by atoms with van der Waals surface area (Å²) in [7, 11) is 0. The zero-order valence-electron chi connectivity index (χ0n) is 13.7. The summed E-state index contributed by atoms with van der Waals surface area (Å²) in [4.78, 5) is 14.5. The number of ether oxygens (including phenoxy) is 1. The number of hydrogen-bond acceptors (Lipinski definition) is 4. The number of rotatable bonds is 9. The first-order valence-electron chi connectivity index (χ1n) is 7.78. The van der Waals surface area contributed by atoms with Gasteiger partial charge in [0.2, 0.25) is 0 Å². The predicted molar refractivity (Wildman–Crippen MR) is 102 cm³/mol. The summed E-state index contributed by atoms with van der Waals surface area (Å²) in [6.45, 7) is 3.57. The van der Waals surface area contributed by atoms with Gasteiger partial charge in [-0.1, -0.05) is 54.0 Å². The number of aliphatic carboxylic acids is 1. The fourth-order valence-electron chi connectivity index (χ4n) is 2.15. The van der Waals surface area contributed by atoms with Crippen LogP contribution in [0.1, 0.15) is 6.92 Å². The first kappa shape index (κ1) is 19.9. The molecule has 0 amide bonds. The second-order valence-corrected chi connectivity index (χ2v) is 7.17. The molecule has 0 fully saturated rings. The minimum Gasteiger partial charge on any atom is -0.491 e. The maximum Gasteiger partial charge on any atom is 0.317 e. The molecule has 2 aromatic rings. The molecule has 0 heterocycles. The van der Waals surface area contributed by atoms with E-state index in [0.29, 0.717) is 29.7 Å². The third-order valence-electron chi connectivity index (χ3n) is 3.44. The Hall–Kier alpha value is -1.40. The van der Waals surface area contributed by atoms with Gasteiger partial charge in [0.1, 0.15) is 12.4 Å². The van der Waals surface area contributed by atoms with Crippen LogP contribution in [0.4, 0.5) is 0 Å². The molecular formula is C18H19Cl2NO3S. The maximum absolute atomic E-state index is 10.8. The molecule has 2 rings (SSSR count). The van der Waals surface area contributed by atoms with E-state index < -0.39 is 5.97 Å². The number of benzene rings is 2. The Morgan fingerprint density at radius 2 is 1.96 bits per heavy atom. The van der Waals surface area contributed by atoms with Crippen molar-refractivity contribution in [2.24, 2.45) is 0 Å². The van der Waals surface area contributed by atoms with Crippen LogP contribution in [0.2, 0.25) is 10.0 Å². The highest BCUT2D eigenvalue weighted by Gasteiger charge is 2.10. The van der Waals surface area contributed by atoms with Gasteiger partial charge >= 0.3 is 5.97 Å². The monoisotopic (exact) mass is 399 g/mol. The van der Waals surface area contributed by atoms with Crippen molar-refractivity contribution < 1.29 is 14.6 Å². The molecule has 0 spiro atoms. The van der Waals surface area contributed by atoms with Gasteiger partial charge < -0.3 is 9.84 Å². The lowest BCUT2D eigenvalue weighted by Gasteiger charge is -2.18. The minimum atomic E-state index is -0.836. The van der Waals surface area contributed by atoms with E-state index in [1.807, 2.05) is 48.2 Å². The molecule has 0 bridgehead atoms. The number of carbonyl (C=O) groups is 1. The number of likely N-dealkylation sites (N-methyl/N-ethyl adjacent to an activating group) is 1. The molecule has 0 atom stereocenters. The third kappa shape index (κ3) is 6.44. The van der Waals surface area contributed by atoms with Crippen LogP contribution in [0.25, 0.3) is 0 Å². The van der Waals surface area contributed by atoms with Crippen molar-refractivity contribution in [3.05, 3.63) is 52.5 Å². The molecule has 0 saturated heterocycles. The van der Waals surface area contributed by atoms with Gasteiger partial charge in [0.15, 0.2) is 0 Å². The van der Waals surface area contributed by atoms with Gasteiger partial charge in [-0.05, 0) is 36.9 Å². The van der Waals surface area contributed by atoms with E-state index in [9.17, 15) is 4.79 Å². The number of hydrogen-bond donors (Lipinski definition) is 1. The van der Waals surface area contributed by atoms with Gasteiger partial charge in [0.05, 0.1) is 21.5 Å². The number of carboxylic acids is 1. The Labute approximate surface area is 161 Å². The van der Waals surface area contributed by atoms with Gasteiger partial charge in [-0.2, -0.15) is 0 Å². The van der Waals surface area contributed by atoms with E-state index in [0.717, 1.165) is 15.5 Å². The lowest BCUT2D eigenvalue weighted by Crippen LogP contribution is -2.33. The van der Waals surface area contributed by atoms with Crippen LogP contribution < -0.4 is 4.74 Å². The molecule has 1 N–H and O–H groups in total. The highest BCUT2D eigenvalue weighted by Crippen LogP contribution is 2.37.